The van der Waals surface area contributed by atoms with Gasteiger partial charge in [-0.2, -0.15) is 0 Å². The second kappa shape index (κ2) is 5.13. The molecule has 1 rings (SSSR count). The summed E-state index contributed by atoms with van der Waals surface area (Å²) in [5.41, 5.74) is -0.556. The standard InChI is InChI=1S/C12H25NO/c1-10(2)12(3,14)9-13-8-4-5-11-6-7-11/h10-11,13-14H,4-9H2,1-3H3. The van der Waals surface area contributed by atoms with Gasteiger partial charge in [0.25, 0.3) is 0 Å². The van der Waals surface area contributed by atoms with Crippen LogP contribution in [0.5, 0.6) is 0 Å². The summed E-state index contributed by atoms with van der Waals surface area (Å²) >= 11 is 0. The third-order valence-corrected chi connectivity index (χ3v) is 3.39. The maximum Gasteiger partial charge on any atom is 0.0766 e. The van der Waals surface area contributed by atoms with Gasteiger partial charge in [-0.15, -0.1) is 0 Å². The van der Waals surface area contributed by atoms with Crippen molar-refractivity contribution in [1.29, 1.82) is 0 Å². The maximum atomic E-state index is 9.95. The average Bonchev–Trinajstić information content (AvgIpc) is 2.87. The van der Waals surface area contributed by atoms with Crippen molar-refractivity contribution >= 4 is 0 Å². The highest BCUT2D eigenvalue weighted by atomic mass is 16.3. The summed E-state index contributed by atoms with van der Waals surface area (Å²) in [5.74, 6) is 1.35. The summed E-state index contributed by atoms with van der Waals surface area (Å²) < 4.78 is 0. The quantitative estimate of drug-likeness (QED) is 0.616. The van der Waals surface area contributed by atoms with Crippen molar-refractivity contribution in [1.82, 2.24) is 5.32 Å². The summed E-state index contributed by atoms with van der Waals surface area (Å²) in [7, 11) is 0. The summed E-state index contributed by atoms with van der Waals surface area (Å²) in [5, 5.41) is 13.3. The number of rotatable bonds is 7. The van der Waals surface area contributed by atoms with E-state index in [4.69, 9.17) is 0 Å². The largest absolute Gasteiger partial charge is 0.389 e. The first kappa shape index (κ1) is 12.0. The Morgan fingerprint density at radius 3 is 2.57 bits per heavy atom. The molecule has 0 aliphatic heterocycles. The molecule has 0 amide bonds. The maximum absolute atomic E-state index is 9.95. The molecule has 0 aromatic rings. The molecule has 0 aromatic carbocycles. The van der Waals surface area contributed by atoms with E-state index >= 15 is 0 Å². The fraction of sp³-hybridized carbons (Fsp3) is 1.00. The molecule has 2 N–H and O–H groups in total. The lowest BCUT2D eigenvalue weighted by atomic mass is 9.92. The molecule has 0 saturated heterocycles. The summed E-state index contributed by atoms with van der Waals surface area (Å²) in [6.07, 6.45) is 5.53. The number of nitrogens with one attached hydrogen (secondary N) is 1. The lowest BCUT2D eigenvalue weighted by molar-refractivity contribution is 0.0143. The van der Waals surface area contributed by atoms with Crippen molar-refractivity contribution in [2.45, 2.75) is 52.1 Å². The fourth-order valence-electron chi connectivity index (χ4n) is 1.47. The SMILES string of the molecule is CC(C)C(C)(O)CNCCCC1CC1. The van der Waals surface area contributed by atoms with Crippen molar-refractivity contribution in [2.24, 2.45) is 11.8 Å². The molecule has 1 atom stereocenters. The zero-order valence-electron chi connectivity index (χ0n) is 9.84. The second-order valence-corrected chi connectivity index (χ2v) is 5.27. The molecule has 14 heavy (non-hydrogen) atoms. The minimum Gasteiger partial charge on any atom is -0.389 e. The zero-order chi connectivity index (χ0) is 10.6. The minimum atomic E-state index is -0.556. The molecule has 1 saturated carbocycles. The molecule has 2 heteroatoms. The van der Waals surface area contributed by atoms with Crippen LogP contribution in [0.15, 0.2) is 0 Å². The van der Waals surface area contributed by atoms with Gasteiger partial charge >= 0.3 is 0 Å². The fourth-order valence-corrected chi connectivity index (χ4v) is 1.47. The number of hydrogen-bond acceptors (Lipinski definition) is 2. The van der Waals surface area contributed by atoms with Crippen molar-refractivity contribution in [3.8, 4) is 0 Å². The van der Waals surface area contributed by atoms with Crippen molar-refractivity contribution in [3.63, 3.8) is 0 Å². The van der Waals surface area contributed by atoms with Crippen LogP contribution in [0.25, 0.3) is 0 Å². The Kier molecular flexibility index (Phi) is 4.39. The predicted molar refractivity (Wildman–Crippen MR) is 60.3 cm³/mol. The van der Waals surface area contributed by atoms with E-state index in [1.807, 2.05) is 6.92 Å². The lowest BCUT2D eigenvalue weighted by Crippen LogP contribution is -2.42. The van der Waals surface area contributed by atoms with Crippen LogP contribution in [0.4, 0.5) is 0 Å². The summed E-state index contributed by atoms with van der Waals surface area (Å²) in [6.45, 7) is 7.80. The van der Waals surface area contributed by atoms with Gasteiger partial charge < -0.3 is 10.4 Å². The van der Waals surface area contributed by atoms with Crippen LogP contribution in [0, 0.1) is 11.8 Å². The van der Waals surface area contributed by atoms with Gasteiger partial charge in [-0.25, -0.2) is 0 Å². The molecule has 84 valence electrons. The average molecular weight is 199 g/mol. The van der Waals surface area contributed by atoms with E-state index in [2.05, 4.69) is 19.2 Å². The van der Waals surface area contributed by atoms with Crippen LogP contribution in [0.2, 0.25) is 0 Å². The Hall–Kier alpha value is -0.0800. The lowest BCUT2D eigenvalue weighted by Gasteiger charge is -2.27. The molecule has 2 nitrogen and oxygen atoms in total. The van der Waals surface area contributed by atoms with Crippen molar-refractivity contribution in [3.05, 3.63) is 0 Å². The summed E-state index contributed by atoms with van der Waals surface area (Å²) in [4.78, 5) is 0. The monoisotopic (exact) mass is 199 g/mol. The van der Waals surface area contributed by atoms with Gasteiger partial charge in [0, 0.05) is 6.54 Å². The van der Waals surface area contributed by atoms with E-state index in [9.17, 15) is 5.11 Å². The van der Waals surface area contributed by atoms with Crippen LogP contribution in [-0.4, -0.2) is 23.8 Å². The van der Waals surface area contributed by atoms with E-state index in [-0.39, 0.29) is 0 Å². The Bertz CT molecular complexity index is 162. The van der Waals surface area contributed by atoms with Gasteiger partial charge in [0.1, 0.15) is 0 Å². The number of hydrogen-bond donors (Lipinski definition) is 2. The topological polar surface area (TPSA) is 32.3 Å². The first-order chi connectivity index (χ1) is 6.52. The molecule has 0 spiro atoms. The summed E-state index contributed by atoms with van der Waals surface area (Å²) in [6, 6.07) is 0. The highest BCUT2D eigenvalue weighted by molar-refractivity contribution is 4.79. The zero-order valence-corrected chi connectivity index (χ0v) is 9.84. The second-order valence-electron chi connectivity index (χ2n) is 5.27. The van der Waals surface area contributed by atoms with E-state index < -0.39 is 5.60 Å². The Labute approximate surface area is 88.1 Å². The highest BCUT2D eigenvalue weighted by Crippen LogP contribution is 2.33. The molecule has 1 unspecified atom stereocenters. The van der Waals surface area contributed by atoms with E-state index in [0.717, 1.165) is 19.0 Å². The molecule has 1 fully saturated rings. The third kappa shape index (κ3) is 4.43. The van der Waals surface area contributed by atoms with Crippen LogP contribution in [0.1, 0.15) is 46.5 Å². The smallest absolute Gasteiger partial charge is 0.0766 e. The van der Waals surface area contributed by atoms with Gasteiger partial charge in [-0.3, -0.25) is 0 Å². The van der Waals surface area contributed by atoms with Gasteiger partial charge in [-0.05, 0) is 38.1 Å². The van der Waals surface area contributed by atoms with Gasteiger partial charge in [0.15, 0.2) is 0 Å². The molecule has 0 bridgehead atoms. The van der Waals surface area contributed by atoms with Crippen LogP contribution < -0.4 is 5.32 Å². The molecule has 0 radical (unpaired) electrons. The molecular formula is C12H25NO. The molecule has 0 heterocycles. The third-order valence-electron chi connectivity index (χ3n) is 3.39. The first-order valence-electron chi connectivity index (χ1n) is 5.95. The highest BCUT2D eigenvalue weighted by Gasteiger charge is 2.24. The van der Waals surface area contributed by atoms with Gasteiger partial charge in [0.2, 0.25) is 0 Å². The Morgan fingerprint density at radius 1 is 1.43 bits per heavy atom. The Morgan fingerprint density at radius 2 is 2.07 bits per heavy atom. The van der Waals surface area contributed by atoms with Gasteiger partial charge in [-0.1, -0.05) is 26.7 Å². The van der Waals surface area contributed by atoms with Gasteiger partial charge in [0.05, 0.1) is 5.60 Å². The normalized spacial score (nSPS) is 21.2. The predicted octanol–water partition coefficient (Wildman–Crippen LogP) is 2.17. The Balaban J connectivity index is 1.96. The first-order valence-corrected chi connectivity index (χ1v) is 5.95. The number of aliphatic hydroxyl groups is 1. The van der Waals surface area contributed by atoms with Crippen molar-refractivity contribution < 1.29 is 5.11 Å². The van der Waals surface area contributed by atoms with Crippen LogP contribution >= 0.6 is 0 Å². The van der Waals surface area contributed by atoms with Crippen molar-refractivity contribution in [2.75, 3.05) is 13.1 Å². The van der Waals surface area contributed by atoms with E-state index in [1.54, 1.807) is 0 Å². The molecule has 1 aliphatic rings. The van der Waals surface area contributed by atoms with E-state index in [0.29, 0.717) is 5.92 Å². The minimum absolute atomic E-state index is 0.318. The molecule has 0 aromatic heterocycles. The van der Waals surface area contributed by atoms with Crippen LogP contribution in [-0.2, 0) is 0 Å². The molecule has 1 aliphatic carbocycles. The van der Waals surface area contributed by atoms with E-state index in [1.165, 1.54) is 25.7 Å². The molecular weight excluding hydrogens is 174 g/mol. The van der Waals surface area contributed by atoms with Crippen LogP contribution in [0.3, 0.4) is 0 Å².